The molecule has 2 aromatic carbocycles. The van der Waals surface area contributed by atoms with E-state index >= 15 is 0 Å². The maximum Gasteiger partial charge on any atom is 0.279 e. The molecule has 0 fully saturated rings. The van der Waals surface area contributed by atoms with Crippen LogP contribution >= 0.6 is 11.3 Å². The smallest absolute Gasteiger partial charge is 0.268 e. The monoisotopic (exact) mass is 364 g/mol. The van der Waals surface area contributed by atoms with E-state index in [1.807, 2.05) is 52.0 Å². The molecule has 0 bridgehead atoms. The van der Waals surface area contributed by atoms with Crippen LogP contribution in [-0.4, -0.2) is 16.4 Å². The molecule has 4 nitrogen and oxygen atoms in total. The first-order valence-corrected chi connectivity index (χ1v) is 9.19. The summed E-state index contributed by atoms with van der Waals surface area (Å²) in [7, 11) is 0. The van der Waals surface area contributed by atoms with E-state index in [0.717, 1.165) is 22.3 Å². The molecule has 0 unspecified atom stereocenters. The second kappa shape index (κ2) is 7.22. The third kappa shape index (κ3) is 3.58. The Morgan fingerprint density at radius 2 is 1.42 bits per heavy atom. The van der Waals surface area contributed by atoms with Gasteiger partial charge in [0.15, 0.2) is 4.80 Å². The van der Waals surface area contributed by atoms with Crippen molar-refractivity contribution in [3.63, 3.8) is 0 Å². The van der Waals surface area contributed by atoms with Crippen LogP contribution in [0, 0.1) is 27.7 Å². The standard InChI is InChI=1S/C21H20N2O2S/c1-13-5-7-17(11-15(13)3)19(24)22-21-23(9-10-26-21)20(25)18-8-6-14(2)16(4)12-18/h5-12H,1-4H3. The molecule has 26 heavy (non-hydrogen) atoms. The van der Waals surface area contributed by atoms with Crippen molar-refractivity contribution in [1.29, 1.82) is 0 Å². The number of hydrogen-bond acceptors (Lipinski definition) is 3. The number of aryl methyl sites for hydroxylation is 4. The number of amides is 1. The summed E-state index contributed by atoms with van der Waals surface area (Å²) in [6.07, 6.45) is 1.65. The van der Waals surface area contributed by atoms with Crippen molar-refractivity contribution in [3.05, 3.63) is 86.2 Å². The fraction of sp³-hybridized carbons (Fsp3) is 0.190. The number of hydrogen-bond donors (Lipinski definition) is 0. The van der Waals surface area contributed by atoms with Gasteiger partial charge in [0.25, 0.3) is 11.8 Å². The van der Waals surface area contributed by atoms with Gasteiger partial charge in [-0.1, -0.05) is 12.1 Å². The Morgan fingerprint density at radius 1 is 0.846 bits per heavy atom. The normalized spacial score (nSPS) is 11.6. The average Bonchev–Trinajstić information content (AvgIpc) is 3.07. The first-order valence-electron chi connectivity index (χ1n) is 8.31. The molecule has 132 valence electrons. The molecule has 0 atom stereocenters. The minimum Gasteiger partial charge on any atom is -0.268 e. The van der Waals surface area contributed by atoms with Crippen molar-refractivity contribution in [2.75, 3.05) is 0 Å². The Balaban J connectivity index is 1.98. The molecule has 5 heteroatoms. The van der Waals surface area contributed by atoms with Crippen molar-refractivity contribution in [2.45, 2.75) is 27.7 Å². The van der Waals surface area contributed by atoms with Crippen LogP contribution in [0.25, 0.3) is 0 Å². The van der Waals surface area contributed by atoms with Crippen LogP contribution < -0.4 is 4.80 Å². The number of aromatic nitrogens is 1. The molecular weight excluding hydrogens is 344 g/mol. The van der Waals surface area contributed by atoms with E-state index in [0.29, 0.717) is 15.9 Å². The number of nitrogens with zero attached hydrogens (tertiary/aromatic N) is 2. The molecule has 0 spiro atoms. The second-order valence-corrected chi connectivity index (χ2v) is 7.25. The van der Waals surface area contributed by atoms with Crippen molar-refractivity contribution >= 4 is 23.2 Å². The van der Waals surface area contributed by atoms with Crippen LogP contribution in [0.5, 0.6) is 0 Å². The second-order valence-electron chi connectivity index (χ2n) is 6.38. The van der Waals surface area contributed by atoms with Crippen LogP contribution in [0.4, 0.5) is 0 Å². The summed E-state index contributed by atoms with van der Waals surface area (Å²) in [6, 6.07) is 11.1. The topological polar surface area (TPSA) is 51.4 Å². The Morgan fingerprint density at radius 3 is 2.04 bits per heavy atom. The third-order valence-electron chi connectivity index (χ3n) is 4.51. The molecule has 0 aliphatic carbocycles. The number of carbonyl (C=O) groups excluding carboxylic acids is 2. The quantitative estimate of drug-likeness (QED) is 0.684. The maximum absolute atomic E-state index is 12.8. The van der Waals surface area contributed by atoms with E-state index in [-0.39, 0.29) is 11.8 Å². The fourth-order valence-corrected chi connectivity index (χ4v) is 3.24. The van der Waals surface area contributed by atoms with Crippen LogP contribution in [0.1, 0.15) is 43.0 Å². The van der Waals surface area contributed by atoms with Crippen molar-refractivity contribution in [2.24, 2.45) is 4.99 Å². The van der Waals surface area contributed by atoms with Crippen molar-refractivity contribution < 1.29 is 9.59 Å². The summed E-state index contributed by atoms with van der Waals surface area (Å²) in [5.74, 6) is -0.543. The minimum absolute atomic E-state index is 0.194. The Hall–Kier alpha value is -2.79. The molecular formula is C21H20N2O2S. The number of rotatable bonds is 2. The van der Waals surface area contributed by atoms with Crippen LogP contribution in [0.15, 0.2) is 53.0 Å². The molecule has 3 aromatic rings. The van der Waals surface area contributed by atoms with Gasteiger partial charge in [0, 0.05) is 22.7 Å². The summed E-state index contributed by atoms with van der Waals surface area (Å²) in [4.78, 5) is 29.8. The number of benzene rings is 2. The highest BCUT2D eigenvalue weighted by Gasteiger charge is 2.12. The lowest BCUT2D eigenvalue weighted by atomic mass is 10.1. The van der Waals surface area contributed by atoms with Gasteiger partial charge in [0.2, 0.25) is 0 Å². The van der Waals surface area contributed by atoms with Crippen molar-refractivity contribution in [3.8, 4) is 0 Å². The Labute approximate surface area is 156 Å². The summed E-state index contributed by atoms with van der Waals surface area (Å²) in [5, 5.41) is 1.76. The van der Waals surface area contributed by atoms with E-state index in [1.165, 1.54) is 15.9 Å². The molecule has 0 saturated carbocycles. The lowest BCUT2D eigenvalue weighted by molar-refractivity contribution is 0.0955. The predicted octanol–water partition coefficient (Wildman–Crippen LogP) is 4.21. The van der Waals surface area contributed by atoms with Crippen LogP contribution in [0.3, 0.4) is 0 Å². The first-order chi connectivity index (χ1) is 12.4. The lowest BCUT2D eigenvalue weighted by Crippen LogP contribution is -2.24. The van der Waals surface area contributed by atoms with Gasteiger partial charge in [-0.25, -0.2) is 0 Å². The molecule has 0 saturated heterocycles. The van der Waals surface area contributed by atoms with Crippen LogP contribution in [-0.2, 0) is 0 Å². The highest BCUT2D eigenvalue weighted by Crippen LogP contribution is 2.12. The number of carbonyl (C=O) groups is 2. The molecule has 1 aromatic heterocycles. The highest BCUT2D eigenvalue weighted by molar-refractivity contribution is 7.07. The van der Waals surface area contributed by atoms with Gasteiger partial charge in [-0.15, -0.1) is 11.3 Å². The van der Waals surface area contributed by atoms with E-state index in [2.05, 4.69) is 4.99 Å². The molecule has 3 rings (SSSR count). The molecule has 0 radical (unpaired) electrons. The molecule has 1 heterocycles. The van der Waals surface area contributed by atoms with Gasteiger partial charge in [-0.05, 0) is 74.2 Å². The van der Waals surface area contributed by atoms with Gasteiger partial charge in [0.1, 0.15) is 0 Å². The molecule has 0 aliphatic heterocycles. The zero-order valence-corrected chi connectivity index (χ0v) is 16.1. The molecule has 0 N–H and O–H groups in total. The highest BCUT2D eigenvalue weighted by atomic mass is 32.1. The van der Waals surface area contributed by atoms with Crippen molar-refractivity contribution in [1.82, 2.24) is 4.57 Å². The summed E-state index contributed by atoms with van der Waals surface area (Å²) in [5.41, 5.74) is 5.44. The fourth-order valence-electron chi connectivity index (χ4n) is 2.55. The van der Waals surface area contributed by atoms with Gasteiger partial charge < -0.3 is 0 Å². The minimum atomic E-state index is -0.350. The lowest BCUT2D eigenvalue weighted by Gasteiger charge is -2.05. The van der Waals surface area contributed by atoms with Gasteiger partial charge in [-0.2, -0.15) is 4.99 Å². The maximum atomic E-state index is 12.8. The van der Waals surface area contributed by atoms with E-state index in [4.69, 9.17) is 0 Å². The molecule has 0 aliphatic rings. The number of thiazole rings is 1. The first kappa shape index (κ1) is 18.0. The Kier molecular flexibility index (Phi) is 5.00. The summed E-state index contributed by atoms with van der Waals surface area (Å²) >= 11 is 1.26. The van der Waals surface area contributed by atoms with Gasteiger partial charge >= 0.3 is 0 Å². The van der Waals surface area contributed by atoms with E-state index < -0.39 is 0 Å². The Bertz CT molecular complexity index is 1070. The molecule has 1 amide bonds. The SMILES string of the molecule is Cc1ccc(C(=O)N=c2sccn2C(=O)c2ccc(C)c(C)c2)cc1C. The summed E-state index contributed by atoms with van der Waals surface area (Å²) < 4.78 is 1.42. The largest absolute Gasteiger partial charge is 0.279 e. The zero-order chi connectivity index (χ0) is 18.8. The summed E-state index contributed by atoms with van der Waals surface area (Å²) in [6.45, 7) is 7.93. The van der Waals surface area contributed by atoms with Gasteiger partial charge in [0.05, 0.1) is 0 Å². The predicted molar refractivity (Wildman–Crippen MR) is 104 cm³/mol. The average molecular weight is 364 g/mol. The zero-order valence-electron chi connectivity index (χ0n) is 15.2. The van der Waals surface area contributed by atoms with Crippen LogP contribution in [0.2, 0.25) is 0 Å². The third-order valence-corrected chi connectivity index (χ3v) is 5.27. The van der Waals surface area contributed by atoms with E-state index in [1.54, 1.807) is 23.7 Å². The van der Waals surface area contributed by atoms with Gasteiger partial charge in [-0.3, -0.25) is 14.2 Å². The van der Waals surface area contributed by atoms with E-state index in [9.17, 15) is 9.59 Å².